The molecular formula is C18H18FN3O2. The molecule has 1 aromatic heterocycles. The Morgan fingerprint density at radius 1 is 1.17 bits per heavy atom. The molecule has 0 bridgehead atoms. The van der Waals surface area contributed by atoms with Gasteiger partial charge in [0.25, 0.3) is 0 Å². The third-order valence-electron chi connectivity index (χ3n) is 3.94. The van der Waals surface area contributed by atoms with Gasteiger partial charge in [-0.05, 0) is 49.6 Å². The summed E-state index contributed by atoms with van der Waals surface area (Å²) in [6, 6.07) is 6.16. The van der Waals surface area contributed by atoms with Gasteiger partial charge in [0.05, 0.1) is 11.9 Å². The van der Waals surface area contributed by atoms with Crippen molar-refractivity contribution >= 4 is 17.9 Å². The van der Waals surface area contributed by atoms with Crippen LogP contribution in [0.2, 0.25) is 0 Å². The lowest BCUT2D eigenvalue weighted by Crippen LogP contribution is -2.31. The van der Waals surface area contributed by atoms with Crippen molar-refractivity contribution in [3.8, 4) is 11.3 Å². The zero-order valence-corrected chi connectivity index (χ0v) is 13.2. The number of hydrogen-bond donors (Lipinski definition) is 1. The van der Waals surface area contributed by atoms with E-state index >= 15 is 0 Å². The molecule has 1 aliphatic rings. The molecule has 2 heterocycles. The minimum absolute atomic E-state index is 0.299. The van der Waals surface area contributed by atoms with E-state index in [0.717, 1.165) is 37.6 Å². The lowest BCUT2D eigenvalue weighted by molar-refractivity contribution is -0.131. The van der Waals surface area contributed by atoms with Crippen molar-refractivity contribution < 1.29 is 14.3 Å². The van der Waals surface area contributed by atoms with Gasteiger partial charge in [0.1, 0.15) is 11.5 Å². The highest BCUT2D eigenvalue weighted by Crippen LogP contribution is 2.29. The maximum atomic E-state index is 13.2. The zero-order chi connectivity index (χ0) is 16.9. The van der Waals surface area contributed by atoms with E-state index in [9.17, 15) is 9.18 Å². The van der Waals surface area contributed by atoms with Crippen molar-refractivity contribution in [1.29, 1.82) is 0 Å². The predicted molar refractivity (Wildman–Crippen MR) is 90.2 cm³/mol. The Kier molecular flexibility index (Phi) is 4.84. The Morgan fingerprint density at radius 3 is 2.54 bits per heavy atom. The molecule has 1 aliphatic heterocycles. The van der Waals surface area contributed by atoms with E-state index in [-0.39, 0.29) is 5.82 Å². The molecule has 0 unspecified atom stereocenters. The summed E-state index contributed by atoms with van der Waals surface area (Å²) in [7, 11) is 0. The van der Waals surface area contributed by atoms with E-state index in [0.29, 0.717) is 17.2 Å². The third-order valence-corrected chi connectivity index (χ3v) is 3.94. The summed E-state index contributed by atoms with van der Waals surface area (Å²) in [5, 5.41) is 8.77. The van der Waals surface area contributed by atoms with Crippen LogP contribution in [0.3, 0.4) is 0 Å². The van der Waals surface area contributed by atoms with Crippen molar-refractivity contribution in [2.24, 2.45) is 0 Å². The molecule has 6 heteroatoms. The first-order chi connectivity index (χ1) is 11.6. The van der Waals surface area contributed by atoms with Crippen LogP contribution in [0.5, 0.6) is 0 Å². The van der Waals surface area contributed by atoms with E-state index in [1.54, 1.807) is 12.1 Å². The number of anilines is 1. The Morgan fingerprint density at radius 2 is 1.88 bits per heavy atom. The number of benzene rings is 1. The molecule has 1 N–H and O–H groups in total. The number of carboxylic acid groups (broad SMARTS) is 1. The summed E-state index contributed by atoms with van der Waals surface area (Å²) in [6.45, 7) is 1.77. The summed E-state index contributed by atoms with van der Waals surface area (Å²) in [5.41, 5.74) is 1.96. The number of aliphatic carboxylic acids is 1. The second-order valence-electron chi connectivity index (χ2n) is 5.69. The molecule has 0 saturated carbocycles. The molecule has 0 amide bonds. The number of nitrogens with zero attached hydrogens (tertiary/aromatic N) is 3. The van der Waals surface area contributed by atoms with Gasteiger partial charge in [0.2, 0.25) is 0 Å². The van der Waals surface area contributed by atoms with E-state index in [1.807, 2.05) is 0 Å². The molecule has 5 nitrogen and oxygen atoms in total. The molecule has 1 aromatic carbocycles. The van der Waals surface area contributed by atoms with Crippen LogP contribution in [0.4, 0.5) is 10.2 Å². The summed E-state index contributed by atoms with van der Waals surface area (Å²) in [4.78, 5) is 21.9. The average Bonchev–Trinajstić information content (AvgIpc) is 2.61. The number of rotatable bonds is 4. The van der Waals surface area contributed by atoms with Crippen molar-refractivity contribution in [1.82, 2.24) is 9.97 Å². The van der Waals surface area contributed by atoms with E-state index < -0.39 is 5.97 Å². The zero-order valence-electron chi connectivity index (χ0n) is 13.2. The summed E-state index contributed by atoms with van der Waals surface area (Å²) in [5.74, 6) is -0.611. The average molecular weight is 327 g/mol. The van der Waals surface area contributed by atoms with Gasteiger partial charge in [-0.3, -0.25) is 4.98 Å². The Labute approximate surface area is 139 Å². The van der Waals surface area contributed by atoms with Crippen LogP contribution in [-0.2, 0) is 4.79 Å². The monoisotopic (exact) mass is 327 g/mol. The molecule has 3 rings (SSSR count). The van der Waals surface area contributed by atoms with Crippen LogP contribution in [0, 0.1) is 5.82 Å². The van der Waals surface area contributed by atoms with Crippen LogP contribution in [-0.4, -0.2) is 34.1 Å². The minimum atomic E-state index is -1.03. The molecule has 0 aliphatic carbocycles. The largest absolute Gasteiger partial charge is 0.478 e. The van der Waals surface area contributed by atoms with Crippen LogP contribution in [0.1, 0.15) is 25.0 Å². The van der Waals surface area contributed by atoms with Gasteiger partial charge < -0.3 is 10.0 Å². The molecule has 124 valence electrons. The highest BCUT2D eigenvalue weighted by molar-refractivity contribution is 5.85. The lowest BCUT2D eigenvalue weighted by atomic mass is 10.1. The van der Waals surface area contributed by atoms with Gasteiger partial charge >= 0.3 is 5.97 Å². The van der Waals surface area contributed by atoms with Crippen LogP contribution >= 0.6 is 0 Å². The first-order valence-electron chi connectivity index (χ1n) is 7.92. The van der Waals surface area contributed by atoms with Gasteiger partial charge in [0.15, 0.2) is 5.82 Å². The fraction of sp³-hybridized carbons (Fsp3) is 0.278. The van der Waals surface area contributed by atoms with E-state index in [2.05, 4.69) is 14.9 Å². The van der Waals surface area contributed by atoms with Gasteiger partial charge in [-0.25, -0.2) is 14.2 Å². The van der Waals surface area contributed by atoms with Crippen LogP contribution in [0.25, 0.3) is 17.3 Å². The van der Waals surface area contributed by atoms with Crippen molar-refractivity contribution in [2.75, 3.05) is 18.0 Å². The second-order valence-corrected chi connectivity index (χ2v) is 5.69. The molecule has 1 fully saturated rings. The third kappa shape index (κ3) is 3.76. The fourth-order valence-electron chi connectivity index (χ4n) is 2.77. The van der Waals surface area contributed by atoms with Crippen molar-refractivity contribution in [3.63, 3.8) is 0 Å². The number of carbonyl (C=O) groups is 1. The first-order valence-corrected chi connectivity index (χ1v) is 7.92. The van der Waals surface area contributed by atoms with Gasteiger partial charge in [-0.1, -0.05) is 0 Å². The molecule has 1 saturated heterocycles. The number of halogens is 1. The Hall–Kier alpha value is -2.76. The normalized spacial score (nSPS) is 15.0. The fourth-order valence-corrected chi connectivity index (χ4v) is 2.77. The van der Waals surface area contributed by atoms with Crippen LogP contribution in [0.15, 0.2) is 36.5 Å². The highest BCUT2D eigenvalue weighted by Gasteiger charge is 2.18. The summed E-state index contributed by atoms with van der Waals surface area (Å²) >= 11 is 0. The second kappa shape index (κ2) is 7.21. The van der Waals surface area contributed by atoms with Gasteiger partial charge in [-0.15, -0.1) is 0 Å². The Balaban J connectivity index is 2.02. The number of hydrogen-bond acceptors (Lipinski definition) is 4. The number of aromatic nitrogens is 2. The number of piperidine rings is 1. The molecule has 24 heavy (non-hydrogen) atoms. The number of carboxylic acids is 1. The van der Waals surface area contributed by atoms with E-state index in [1.165, 1.54) is 30.8 Å². The summed E-state index contributed by atoms with van der Waals surface area (Å²) < 4.78 is 13.2. The highest BCUT2D eigenvalue weighted by atomic mass is 19.1. The SMILES string of the molecule is O=C(O)/C=C/c1cnc(-c2ccc(F)cc2)c(N2CCCCC2)n1. The lowest BCUT2D eigenvalue weighted by Gasteiger charge is -2.29. The Bertz CT molecular complexity index is 753. The molecule has 0 atom stereocenters. The molecule has 0 radical (unpaired) electrons. The predicted octanol–water partition coefficient (Wildman–Crippen LogP) is 3.37. The van der Waals surface area contributed by atoms with Crippen molar-refractivity contribution in [3.05, 3.63) is 48.0 Å². The first kappa shape index (κ1) is 16.1. The maximum absolute atomic E-state index is 13.2. The maximum Gasteiger partial charge on any atom is 0.328 e. The van der Waals surface area contributed by atoms with Crippen LogP contribution < -0.4 is 4.90 Å². The molecule has 0 spiro atoms. The van der Waals surface area contributed by atoms with E-state index in [4.69, 9.17) is 5.11 Å². The smallest absolute Gasteiger partial charge is 0.328 e. The standard InChI is InChI=1S/C18H18FN3O2/c19-14-6-4-13(5-7-14)17-18(22-10-2-1-3-11-22)21-15(12-20-17)8-9-16(23)24/h4-9,12H,1-3,10-11H2,(H,23,24)/b9-8+. The quantitative estimate of drug-likeness (QED) is 0.872. The topological polar surface area (TPSA) is 66.3 Å². The molecule has 2 aromatic rings. The minimum Gasteiger partial charge on any atom is -0.478 e. The van der Waals surface area contributed by atoms with Gasteiger partial charge in [-0.2, -0.15) is 0 Å². The molecular weight excluding hydrogens is 309 g/mol. The van der Waals surface area contributed by atoms with Crippen molar-refractivity contribution in [2.45, 2.75) is 19.3 Å². The summed E-state index contributed by atoms with van der Waals surface area (Å²) in [6.07, 6.45) is 7.36. The van der Waals surface area contributed by atoms with Gasteiger partial charge in [0, 0.05) is 24.7 Å².